The number of esters is 4. The van der Waals surface area contributed by atoms with Crippen LogP contribution in [0.4, 0.5) is 0 Å². The van der Waals surface area contributed by atoms with Gasteiger partial charge in [-0.2, -0.15) is 0 Å². The van der Waals surface area contributed by atoms with Gasteiger partial charge in [-0.15, -0.1) is 0 Å². The SMILES string of the molecule is COC(=O)C1=C(C(=O)OC)SC2(S1)C(C)=C(c1ccccc1)SC(C(=O)OC)=C2C(=O)OC. The van der Waals surface area contributed by atoms with Crippen LogP contribution in [-0.4, -0.2) is 56.4 Å². The molecule has 2 aliphatic heterocycles. The molecule has 0 aliphatic carbocycles. The Morgan fingerprint density at radius 2 is 1.15 bits per heavy atom. The summed E-state index contributed by atoms with van der Waals surface area (Å²) in [4.78, 5) is 51.6. The molecule has 8 nitrogen and oxygen atoms in total. The lowest BCUT2D eigenvalue weighted by Crippen LogP contribution is -2.34. The molecule has 3 rings (SSSR count). The number of carbonyl (C=O) groups is 4. The second-order valence-electron chi connectivity index (χ2n) is 6.57. The predicted molar refractivity (Wildman–Crippen MR) is 127 cm³/mol. The van der Waals surface area contributed by atoms with Crippen LogP contribution >= 0.6 is 35.3 Å². The maximum absolute atomic E-state index is 13.0. The Morgan fingerprint density at radius 1 is 0.697 bits per heavy atom. The highest BCUT2D eigenvalue weighted by atomic mass is 32.2. The number of methoxy groups -OCH3 is 4. The summed E-state index contributed by atoms with van der Waals surface area (Å²) in [5, 5.41) is 0. The average molecular weight is 509 g/mol. The van der Waals surface area contributed by atoms with Crippen molar-refractivity contribution in [1.29, 1.82) is 0 Å². The normalized spacial score (nSPS) is 17.2. The van der Waals surface area contributed by atoms with Crippen molar-refractivity contribution in [3.63, 3.8) is 0 Å². The quantitative estimate of drug-likeness (QED) is 0.431. The molecular formula is C22H20O8S3. The minimum atomic E-state index is -1.37. The highest BCUT2D eigenvalue weighted by Gasteiger charge is 2.56. The maximum Gasteiger partial charge on any atom is 0.345 e. The van der Waals surface area contributed by atoms with E-state index in [0.717, 1.165) is 40.8 Å². The monoisotopic (exact) mass is 508 g/mol. The Kier molecular flexibility index (Phi) is 7.65. The number of hydrogen-bond acceptors (Lipinski definition) is 11. The summed E-state index contributed by atoms with van der Waals surface area (Å²) in [6.45, 7) is 1.78. The van der Waals surface area contributed by atoms with Crippen molar-refractivity contribution >= 4 is 64.1 Å². The van der Waals surface area contributed by atoms with Crippen molar-refractivity contribution in [2.45, 2.75) is 11.0 Å². The molecule has 0 fully saturated rings. The molecule has 0 saturated carbocycles. The van der Waals surface area contributed by atoms with Gasteiger partial charge in [-0.25, -0.2) is 19.2 Å². The molecule has 2 aliphatic rings. The zero-order valence-electron chi connectivity index (χ0n) is 18.4. The van der Waals surface area contributed by atoms with Crippen LogP contribution in [0.15, 0.2) is 56.2 Å². The highest BCUT2D eigenvalue weighted by Crippen LogP contribution is 2.67. The lowest BCUT2D eigenvalue weighted by atomic mass is 10.0. The molecule has 33 heavy (non-hydrogen) atoms. The van der Waals surface area contributed by atoms with E-state index in [9.17, 15) is 19.2 Å². The Hall–Kier alpha value is -2.63. The van der Waals surface area contributed by atoms with Crippen LogP contribution in [0, 0.1) is 0 Å². The molecule has 0 bridgehead atoms. The second kappa shape index (κ2) is 10.1. The van der Waals surface area contributed by atoms with Crippen molar-refractivity contribution in [2.75, 3.05) is 28.4 Å². The summed E-state index contributed by atoms with van der Waals surface area (Å²) in [5.74, 6) is -3.06. The first kappa shape index (κ1) is 25.0. The Labute approximate surface area is 203 Å². The highest BCUT2D eigenvalue weighted by molar-refractivity contribution is 8.26. The molecule has 1 spiro atoms. The van der Waals surface area contributed by atoms with Crippen LogP contribution in [0.3, 0.4) is 0 Å². The summed E-state index contributed by atoms with van der Waals surface area (Å²) < 4.78 is 18.4. The first-order valence-electron chi connectivity index (χ1n) is 9.40. The number of ether oxygens (including phenoxy) is 4. The lowest BCUT2D eigenvalue weighted by Gasteiger charge is -2.36. The number of hydrogen-bond donors (Lipinski definition) is 0. The number of thioether (sulfide) groups is 3. The van der Waals surface area contributed by atoms with Gasteiger partial charge >= 0.3 is 23.9 Å². The van der Waals surface area contributed by atoms with Crippen molar-refractivity contribution in [3.05, 3.63) is 61.8 Å². The number of rotatable bonds is 5. The molecule has 2 heterocycles. The first-order valence-corrected chi connectivity index (χ1v) is 11.9. The van der Waals surface area contributed by atoms with Crippen molar-refractivity contribution < 1.29 is 38.1 Å². The Bertz CT molecular complexity index is 1090. The standard InChI is InChI=1S/C22H20O8S3/c1-11-14(12-9-7-6-8-10-12)31-15(19(24)28-3)13(18(23)27-2)22(11)32-16(20(25)29-4)17(33-22)21(26)30-5/h6-10H,1-5H3. The fourth-order valence-electron chi connectivity index (χ4n) is 3.26. The average Bonchev–Trinajstić information content (AvgIpc) is 3.25. The maximum atomic E-state index is 13.0. The zero-order valence-corrected chi connectivity index (χ0v) is 20.8. The molecule has 0 amide bonds. The summed E-state index contributed by atoms with van der Waals surface area (Å²) in [5.41, 5.74) is 1.40. The summed E-state index contributed by atoms with van der Waals surface area (Å²) >= 11 is 2.95. The second-order valence-corrected chi connectivity index (χ2v) is 10.3. The van der Waals surface area contributed by atoms with E-state index < -0.39 is 28.0 Å². The van der Waals surface area contributed by atoms with Gasteiger partial charge in [0.2, 0.25) is 0 Å². The van der Waals surface area contributed by atoms with E-state index >= 15 is 0 Å². The lowest BCUT2D eigenvalue weighted by molar-refractivity contribution is -0.138. The van der Waals surface area contributed by atoms with Gasteiger partial charge in [0.15, 0.2) is 0 Å². The van der Waals surface area contributed by atoms with Crippen LogP contribution in [0.2, 0.25) is 0 Å². The third-order valence-electron chi connectivity index (χ3n) is 4.83. The van der Waals surface area contributed by atoms with E-state index in [1.165, 1.54) is 28.4 Å². The van der Waals surface area contributed by atoms with Crippen LogP contribution < -0.4 is 0 Å². The third-order valence-corrected chi connectivity index (χ3v) is 9.53. The molecule has 174 valence electrons. The van der Waals surface area contributed by atoms with Crippen molar-refractivity contribution in [3.8, 4) is 0 Å². The Morgan fingerprint density at radius 3 is 1.61 bits per heavy atom. The minimum Gasteiger partial charge on any atom is -0.466 e. The fourth-order valence-corrected chi connectivity index (χ4v) is 8.05. The van der Waals surface area contributed by atoms with Crippen LogP contribution in [0.1, 0.15) is 12.5 Å². The van der Waals surface area contributed by atoms with Gasteiger partial charge in [0.05, 0.1) is 34.0 Å². The van der Waals surface area contributed by atoms with Crippen molar-refractivity contribution in [2.24, 2.45) is 0 Å². The van der Waals surface area contributed by atoms with Gasteiger partial charge in [-0.05, 0) is 18.1 Å². The molecule has 11 heteroatoms. The molecule has 0 unspecified atom stereocenters. The summed E-state index contributed by atoms with van der Waals surface area (Å²) in [6.07, 6.45) is 0. The molecule has 0 N–H and O–H groups in total. The molecule has 1 aromatic carbocycles. The van der Waals surface area contributed by atoms with Gasteiger partial charge in [0.25, 0.3) is 0 Å². The first-order chi connectivity index (χ1) is 15.7. The van der Waals surface area contributed by atoms with E-state index in [0.29, 0.717) is 10.5 Å². The fraction of sp³-hybridized carbons (Fsp3) is 0.273. The van der Waals surface area contributed by atoms with Crippen LogP contribution in [0.25, 0.3) is 4.91 Å². The van der Waals surface area contributed by atoms with E-state index in [1.54, 1.807) is 6.92 Å². The number of benzene rings is 1. The van der Waals surface area contributed by atoms with Gasteiger partial charge in [0, 0.05) is 4.91 Å². The van der Waals surface area contributed by atoms with Crippen molar-refractivity contribution in [1.82, 2.24) is 0 Å². The molecule has 0 saturated heterocycles. The smallest absolute Gasteiger partial charge is 0.345 e. The molecule has 1 aromatic rings. The summed E-state index contributed by atoms with van der Waals surface area (Å²) in [7, 11) is 4.77. The van der Waals surface area contributed by atoms with Gasteiger partial charge in [-0.1, -0.05) is 65.6 Å². The van der Waals surface area contributed by atoms with E-state index in [1.807, 2.05) is 30.3 Å². The minimum absolute atomic E-state index is 0.00383. The molecule has 0 aromatic heterocycles. The number of carbonyl (C=O) groups excluding carboxylic acids is 4. The van der Waals surface area contributed by atoms with Crippen LogP contribution in [-0.2, 0) is 38.1 Å². The van der Waals surface area contributed by atoms with Gasteiger partial charge < -0.3 is 18.9 Å². The molecular weight excluding hydrogens is 488 g/mol. The van der Waals surface area contributed by atoms with E-state index in [-0.39, 0.29) is 20.3 Å². The zero-order chi connectivity index (χ0) is 24.3. The third kappa shape index (κ3) is 4.32. The molecule has 0 atom stereocenters. The Balaban J connectivity index is 2.35. The molecule has 0 radical (unpaired) electrons. The largest absolute Gasteiger partial charge is 0.466 e. The topological polar surface area (TPSA) is 105 Å². The van der Waals surface area contributed by atoms with Gasteiger partial charge in [-0.3, -0.25) is 0 Å². The summed E-state index contributed by atoms with van der Waals surface area (Å²) in [6, 6.07) is 9.25. The van der Waals surface area contributed by atoms with Gasteiger partial charge in [0.1, 0.15) is 18.8 Å². The van der Waals surface area contributed by atoms with E-state index in [2.05, 4.69) is 0 Å². The van der Waals surface area contributed by atoms with Crippen LogP contribution in [0.5, 0.6) is 0 Å². The predicted octanol–water partition coefficient (Wildman–Crippen LogP) is 3.50. The van der Waals surface area contributed by atoms with E-state index in [4.69, 9.17) is 18.9 Å².